The van der Waals surface area contributed by atoms with Crippen molar-refractivity contribution in [3.63, 3.8) is 0 Å². The fourth-order valence-electron chi connectivity index (χ4n) is 10.7. The second-order valence-electron chi connectivity index (χ2n) is 21.4. The smallest absolute Gasteiger partial charge is 0.264 e. The number of fused-ring (bicyclic) bond motifs is 9. The van der Waals surface area contributed by atoms with Gasteiger partial charge >= 0.3 is 0 Å². The van der Waals surface area contributed by atoms with Gasteiger partial charge in [0, 0.05) is 72.0 Å². The molecule has 7 aromatic carbocycles. The Morgan fingerprint density at radius 1 is 0.538 bits per heavy atom. The highest BCUT2D eigenvalue weighted by atomic mass is 32.1. The van der Waals surface area contributed by atoms with Gasteiger partial charge in [0.2, 0.25) is 0 Å². The third-order valence-corrected chi connectivity index (χ3v) is 16.3. The van der Waals surface area contributed by atoms with Crippen molar-refractivity contribution in [2.24, 2.45) is 7.05 Å². The number of thiophene rings is 1. The summed E-state index contributed by atoms with van der Waals surface area (Å²) in [5.41, 5.74) is 20.7. The molecule has 0 aliphatic carbocycles. The van der Waals surface area contributed by atoms with Crippen molar-refractivity contribution in [3.8, 4) is 11.1 Å². The molecule has 0 spiro atoms. The van der Waals surface area contributed by atoms with Crippen LogP contribution in [0.3, 0.4) is 0 Å². The van der Waals surface area contributed by atoms with Gasteiger partial charge in [0.1, 0.15) is 0 Å². The number of hydrogen-bond acceptors (Lipinski definition) is 3. The molecule has 0 radical (unpaired) electrons. The Labute approximate surface area is 390 Å². The predicted molar refractivity (Wildman–Crippen MR) is 285 cm³/mol. The largest absolute Gasteiger partial charge is 0.344 e. The first-order chi connectivity index (χ1) is 31.1. The van der Waals surface area contributed by atoms with Crippen LogP contribution in [-0.2, 0) is 29.7 Å². The Kier molecular flexibility index (Phi) is 9.45. The zero-order valence-corrected chi connectivity index (χ0v) is 40.8. The second-order valence-corrected chi connectivity index (χ2v) is 22.5. The van der Waals surface area contributed by atoms with Gasteiger partial charge in [-0.2, -0.15) is 0 Å². The molecule has 0 fully saturated rings. The van der Waals surface area contributed by atoms with Crippen LogP contribution >= 0.6 is 11.3 Å². The van der Waals surface area contributed by atoms with Crippen LogP contribution < -0.4 is 25.5 Å². The summed E-state index contributed by atoms with van der Waals surface area (Å²) in [5.74, 6) is 0. The molecule has 5 heteroatoms. The van der Waals surface area contributed by atoms with Crippen molar-refractivity contribution in [2.75, 3.05) is 9.80 Å². The van der Waals surface area contributed by atoms with Gasteiger partial charge in [0.15, 0.2) is 0 Å². The van der Waals surface area contributed by atoms with Gasteiger partial charge in [-0.1, -0.05) is 136 Å². The van der Waals surface area contributed by atoms with E-state index in [2.05, 4.69) is 230 Å². The number of anilines is 6. The number of para-hydroxylation sites is 1. The summed E-state index contributed by atoms with van der Waals surface area (Å²) in [6, 6.07) is 54.4. The van der Waals surface area contributed by atoms with Gasteiger partial charge in [-0.3, -0.25) is 0 Å². The lowest BCUT2D eigenvalue weighted by atomic mass is 9.36. The predicted octanol–water partition coefficient (Wildman–Crippen LogP) is 15.1. The summed E-state index contributed by atoms with van der Waals surface area (Å²) in [5, 5.41) is 3.91. The van der Waals surface area contributed by atoms with Crippen LogP contribution in [0.4, 0.5) is 34.1 Å². The molecule has 4 heterocycles. The normalized spacial score (nSPS) is 13.8. The van der Waals surface area contributed by atoms with Gasteiger partial charge in [0.05, 0.1) is 11.4 Å². The summed E-state index contributed by atoms with van der Waals surface area (Å²) in [6.45, 7) is 23.4. The number of aromatic nitrogens is 1. The molecular formula is C60H60BN3S. The van der Waals surface area contributed by atoms with Crippen LogP contribution in [0.5, 0.6) is 0 Å². The van der Waals surface area contributed by atoms with E-state index in [1.807, 2.05) is 11.3 Å². The van der Waals surface area contributed by atoms with E-state index in [-0.39, 0.29) is 23.0 Å². The van der Waals surface area contributed by atoms with Crippen LogP contribution in [0, 0.1) is 0 Å². The number of rotatable bonds is 6. The second kappa shape index (κ2) is 14.7. The van der Waals surface area contributed by atoms with Crippen LogP contribution in [0.1, 0.15) is 97.9 Å². The number of nitrogens with zero attached hydrogens (tertiary/aromatic N) is 3. The maximum absolute atomic E-state index is 2.61. The minimum atomic E-state index is -0.0313. The molecule has 3 nitrogen and oxygen atoms in total. The Morgan fingerprint density at radius 2 is 1.20 bits per heavy atom. The molecule has 2 aliphatic heterocycles. The molecule has 65 heavy (non-hydrogen) atoms. The van der Waals surface area contributed by atoms with Crippen LogP contribution in [-0.4, -0.2) is 11.3 Å². The topological polar surface area (TPSA) is 11.4 Å². The van der Waals surface area contributed by atoms with Crippen molar-refractivity contribution < 1.29 is 0 Å². The summed E-state index contributed by atoms with van der Waals surface area (Å²) >= 11 is 1.99. The lowest BCUT2D eigenvalue weighted by Gasteiger charge is -2.43. The fourth-order valence-corrected chi connectivity index (χ4v) is 12.0. The molecule has 0 bridgehead atoms. The number of hydrogen-bond donors (Lipinski definition) is 0. The average molecular weight is 866 g/mol. The van der Waals surface area contributed by atoms with E-state index in [0.29, 0.717) is 0 Å². The molecular weight excluding hydrogens is 806 g/mol. The summed E-state index contributed by atoms with van der Waals surface area (Å²) in [7, 11) is 2.19. The summed E-state index contributed by atoms with van der Waals surface area (Å²) in [6.07, 6.45) is 2.06. The van der Waals surface area contributed by atoms with Crippen molar-refractivity contribution in [1.29, 1.82) is 0 Å². The van der Waals surface area contributed by atoms with Gasteiger partial charge in [0.25, 0.3) is 6.71 Å². The standard InChI is InChI=1S/C60H60BN3S/c1-12-37-21-29-51-47(33-37)61-55-52(63(42-27-23-39(24-28-42)60(9,10)13-2)56-46-36-41(59(6,7)8)26-32-54(46)65-57(56)61)19-16-20-53(55)64(51)50-31-25-40(58(3,4)5)35-44(50)38-22-30-49-45(34-38)43-17-14-15-18-48(43)62(49)11/h14-36H,12-13H2,1-11H3. The highest BCUT2D eigenvalue weighted by Gasteiger charge is 2.45. The molecule has 0 amide bonds. The van der Waals surface area contributed by atoms with Gasteiger partial charge in [-0.05, 0) is 141 Å². The van der Waals surface area contributed by atoms with Crippen LogP contribution in [0.15, 0.2) is 140 Å². The number of benzene rings is 7. The van der Waals surface area contributed by atoms with E-state index in [9.17, 15) is 0 Å². The van der Waals surface area contributed by atoms with E-state index in [4.69, 9.17) is 0 Å². The molecule has 11 rings (SSSR count). The fraction of sp³-hybridized carbons (Fsp3) is 0.267. The first kappa shape index (κ1) is 41.7. The van der Waals surface area contributed by atoms with Gasteiger partial charge in [-0.25, -0.2) is 0 Å². The molecule has 0 N–H and O–H groups in total. The van der Waals surface area contributed by atoms with Gasteiger partial charge in [-0.15, -0.1) is 11.3 Å². The van der Waals surface area contributed by atoms with Crippen molar-refractivity contribution in [1.82, 2.24) is 4.57 Å². The Balaban J connectivity index is 1.21. The molecule has 324 valence electrons. The van der Waals surface area contributed by atoms with E-state index in [0.717, 1.165) is 12.8 Å². The lowest BCUT2D eigenvalue weighted by molar-refractivity contribution is 0.506. The zero-order valence-electron chi connectivity index (χ0n) is 40.0. The maximum Gasteiger partial charge on any atom is 0.264 e. The van der Waals surface area contributed by atoms with Crippen LogP contribution in [0.25, 0.3) is 43.0 Å². The quantitative estimate of drug-likeness (QED) is 0.154. The first-order valence-electron chi connectivity index (χ1n) is 23.7. The molecule has 2 aromatic heterocycles. The van der Waals surface area contributed by atoms with Crippen LogP contribution in [0.2, 0.25) is 0 Å². The SMILES string of the molecule is CCc1ccc2c(c1)B1c3sc4ccc(C(C)(C)C)cc4c3N(c3ccc(C(C)(C)CC)cc3)c3cccc(c31)N2c1ccc(C(C)(C)C)cc1-c1ccc2c(c1)c1ccccc1n2C. The van der Waals surface area contributed by atoms with Gasteiger partial charge < -0.3 is 14.4 Å². The third-order valence-electron chi connectivity index (χ3n) is 15.0. The van der Waals surface area contributed by atoms with Crippen molar-refractivity contribution in [2.45, 2.75) is 98.3 Å². The first-order valence-corrected chi connectivity index (χ1v) is 24.5. The third kappa shape index (κ3) is 6.44. The summed E-state index contributed by atoms with van der Waals surface area (Å²) in [4.78, 5) is 5.23. The maximum atomic E-state index is 2.61. The van der Waals surface area contributed by atoms with Crippen molar-refractivity contribution in [3.05, 3.63) is 162 Å². The van der Waals surface area contributed by atoms with E-state index in [1.54, 1.807) is 0 Å². The highest BCUT2D eigenvalue weighted by molar-refractivity contribution is 7.33. The minimum absolute atomic E-state index is 0.0212. The Hall–Kier alpha value is -6.04. The minimum Gasteiger partial charge on any atom is -0.344 e. The average Bonchev–Trinajstić information content (AvgIpc) is 3.82. The lowest BCUT2D eigenvalue weighted by Crippen LogP contribution is -2.60. The molecule has 0 saturated carbocycles. The van der Waals surface area contributed by atoms with Crippen molar-refractivity contribution >= 4 is 99.8 Å². The van der Waals surface area contributed by atoms with E-state index < -0.39 is 0 Å². The monoisotopic (exact) mass is 865 g/mol. The molecule has 2 aliphatic rings. The van der Waals surface area contributed by atoms with E-state index in [1.165, 1.54) is 115 Å². The number of aryl methyl sites for hydroxylation is 2. The Morgan fingerprint density at radius 3 is 1.92 bits per heavy atom. The van der Waals surface area contributed by atoms with E-state index >= 15 is 0 Å². The zero-order chi connectivity index (χ0) is 45.3. The Bertz CT molecular complexity index is 3370. The molecule has 0 saturated heterocycles. The molecule has 9 aromatic rings. The highest BCUT2D eigenvalue weighted by Crippen LogP contribution is 2.50. The molecule has 0 atom stereocenters. The molecule has 0 unspecified atom stereocenters. The summed E-state index contributed by atoms with van der Waals surface area (Å²) < 4.78 is 5.09.